The number of urea groups is 1. The molecule has 0 bridgehead atoms. The van der Waals surface area contributed by atoms with Crippen LogP contribution in [0.5, 0.6) is 0 Å². The smallest absolute Gasteiger partial charge is 0.321 e. The molecule has 1 saturated carbocycles. The highest BCUT2D eigenvalue weighted by Crippen LogP contribution is 2.29. The Hall–Kier alpha value is -2.05. The molecule has 0 radical (unpaired) electrons. The highest BCUT2D eigenvalue weighted by Gasteiger charge is 2.36. The Morgan fingerprint density at radius 2 is 2.17 bits per heavy atom. The molecular weight excluding hydrogens is 294 g/mol. The van der Waals surface area contributed by atoms with E-state index >= 15 is 0 Å². The van der Waals surface area contributed by atoms with Crippen molar-refractivity contribution in [2.45, 2.75) is 38.1 Å². The summed E-state index contributed by atoms with van der Waals surface area (Å²) in [7, 11) is 3.58. The lowest BCUT2D eigenvalue weighted by Crippen LogP contribution is -2.37. The van der Waals surface area contributed by atoms with Crippen LogP contribution >= 0.6 is 0 Å². The summed E-state index contributed by atoms with van der Waals surface area (Å²) in [5.41, 5.74) is 0.680. The molecule has 1 saturated heterocycles. The van der Waals surface area contributed by atoms with E-state index in [2.05, 4.69) is 10.4 Å². The summed E-state index contributed by atoms with van der Waals surface area (Å²) in [6, 6.07) is 0.270. The van der Waals surface area contributed by atoms with Gasteiger partial charge >= 0.3 is 6.03 Å². The molecule has 1 aliphatic heterocycles. The van der Waals surface area contributed by atoms with Gasteiger partial charge in [-0.25, -0.2) is 4.79 Å². The number of anilines is 1. The van der Waals surface area contributed by atoms with E-state index in [1.807, 2.05) is 4.90 Å². The second-order valence-electron chi connectivity index (χ2n) is 6.77. The van der Waals surface area contributed by atoms with Crippen molar-refractivity contribution in [2.75, 3.05) is 25.5 Å². The van der Waals surface area contributed by atoms with Crippen LogP contribution in [0.1, 0.15) is 32.1 Å². The summed E-state index contributed by atoms with van der Waals surface area (Å²) in [5.74, 6) is 0.482. The molecule has 1 aromatic rings. The molecule has 7 nitrogen and oxygen atoms in total. The molecule has 0 spiro atoms. The predicted molar refractivity (Wildman–Crippen MR) is 86.9 cm³/mol. The van der Waals surface area contributed by atoms with E-state index in [0.717, 1.165) is 19.4 Å². The fourth-order valence-electron chi connectivity index (χ4n) is 3.67. The van der Waals surface area contributed by atoms with E-state index in [9.17, 15) is 9.59 Å². The number of carbonyl (C=O) groups is 2. The molecule has 23 heavy (non-hydrogen) atoms. The van der Waals surface area contributed by atoms with Gasteiger partial charge in [-0.1, -0.05) is 12.8 Å². The average molecular weight is 319 g/mol. The van der Waals surface area contributed by atoms with Gasteiger partial charge in [-0.15, -0.1) is 0 Å². The summed E-state index contributed by atoms with van der Waals surface area (Å²) in [5, 5.41) is 6.85. The highest BCUT2D eigenvalue weighted by molar-refractivity contribution is 5.89. The zero-order chi connectivity index (χ0) is 16.4. The minimum Gasteiger partial charge on any atom is -0.339 e. The highest BCUT2D eigenvalue weighted by atomic mass is 16.2. The first-order valence-electron chi connectivity index (χ1n) is 8.33. The van der Waals surface area contributed by atoms with Crippen molar-refractivity contribution >= 4 is 17.6 Å². The molecule has 2 fully saturated rings. The number of nitrogens with one attached hydrogen (secondary N) is 1. The zero-order valence-electron chi connectivity index (χ0n) is 13.9. The zero-order valence-corrected chi connectivity index (χ0v) is 13.9. The van der Waals surface area contributed by atoms with Gasteiger partial charge in [0.15, 0.2) is 0 Å². The van der Waals surface area contributed by atoms with Gasteiger partial charge in [0.1, 0.15) is 0 Å². The van der Waals surface area contributed by atoms with Crippen LogP contribution < -0.4 is 5.32 Å². The van der Waals surface area contributed by atoms with E-state index in [1.165, 1.54) is 12.8 Å². The first-order chi connectivity index (χ1) is 11.0. The third-order valence-corrected chi connectivity index (χ3v) is 4.84. The minimum absolute atomic E-state index is 0.162. The van der Waals surface area contributed by atoms with Gasteiger partial charge < -0.3 is 15.1 Å². The van der Waals surface area contributed by atoms with Gasteiger partial charge in [0.25, 0.3) is 0 Å². The van der Waals surface area contributed by atoms with Crippen LogP contribution in [0.25, 0.3) is 0 Å². The second kappa shape index (κ2) is 6.60. The Morgan fingerprint density at radius 3 is 2.83 bits per heavy atom. The molecule has 0 aromatic carbocycles. The number of amides is 3. The lowest BCUT2D eigenvalue weighted by Gasteiger charge is -2.25. The molecule has 1 atom stereocenters. The third-order valence-electron chi connectivity index (χ3n) is 4.84. The van der Waals surface area contributed by atoms with Crippen molar-refractivity contribution in [1.82, 2.24) is 19.6 Å². The number of aromatic nitrogens is 2. The average Bonchev–Trinajstić information content (AvgIpc) is 3.21. The number of carbonyl (C=O) groups excluding carboxylic acids is 2. The summed E-state index contributed by atoms with van der Waals surface area (Å²) in [6.45, 7) is 1.38. The van der Waals surface area contributed by atoms with Gasteiger partial charge in [0.05, 0.1) is 11.9 Å². The third kappa shape index (κ3) is 3.65. The fourth-order valence-corrected chi connectivity index (χ4v) is 3.67. The fraction of sp³-hybridized carbons (Fsp3) is 0.688. The lowest BCUT2D eigenvalue weighted by molar-refractivity contribution is -0.129. The SMILES string of the molecule is CN(CC1CC(=O)N(C2CCCC2)C1)C(=O)Nc1cnn(C)c1. The van der Waals surface area contributed by atoms with Crippen LogP contribution in [-0.4, -0.2) is 57.7 Å². The molecule has 3 rings (SSSR count). The standard InChI is InChI=1S/C16H25N5O2/c1-19(16(23)18-13-8-17-20(2)11-13)9-12-7-15(22)21(10-12)14-5-3-4-6-14/h8,11-12,14H,3-7,9-10H2,1-2H3,(H,18,23). The summed E-state index contributed by atoms with van der Waals surface area (Å²) in [4.78, 5) is 28.1. The molecule has 126 valence electrons. The number of aryl methyl sites for hydroxylation is 1. The molecule has 1 unspecified atom stereocenters. The maximum atomic E-state index is 12.2. The maximum absolute atomic E-state index is 12.2. The van der Waals surface area contributed by atoms with Crippen molar-refractivity contribution in [3.63, 3.8) is 0 Å². The summed E-state index contributed by atoms with van der Waals surface area (Å²) in [6.07, 6.45) is 8.66. The van der Waals surface area contributed by atoms with Crippen LogP contribution in [0.4, 0.5) is 10.5 Å². The topological polar surface area (TPSA) is 70.5 Å². The number of hydrogen-bond acceptors (Lipinski definition) is 3. The summed E-state index contributed by atoms with van der Waals surface area (Å²) < 4.78 is 1.64. The molecular formula is C16H25N5O2. The van der Waals surface area contributed by atoms with Gasteiger partial charge in [-0.2, -0.15) is 5.10 Å². The lowest BCUT2D eigenvalue weighted by atomic mass is 10.1. The van der Waals surface area contributed by atoms with Crippen molar-refractivity contribution in [3.05, 3.63) is 12.4 Å². The largest absolute Gasteiger partial charge is 0.339 e. The van der Waals surface area contributed by atoms with Crippen molar-refractivity contribution in [3.8, 4) is 0 Å². The Labute approximate surface area is 136 Å². The number of rotatable bonds is 4. The first kappa shape index (κ1) is 15.8. The Kier molecular flexibility index (Phi) is 4.54. The van der Waals surface area contributed by atoms with Crippen LogP contribution in [0.15, 0.2) is 12.4 Å². The molecule has 2 aliphatic rings. The molecule has 7 heteroatoms. The van der Waals surface area contributed by atoms with Crippen LogP contribution in [0.2, 0.25) is 0 Å². The van der Waals surface area contributed by atoms with E-state index in [0.29, 0.717) is 24.7 Å². The van der Waals surface area contributed by atoms with E-state index in [-0.39, 0.29) is 17.9 Å². The Morgan fingerprint density at radius 1 is 1.43 bits per heavy atom. The quantitative estimate of drug-likeness (QED) is 0.918. The number of likely N-dealkylation sites (tertiary alicyclic amines) is 1. The van der Waals surface area contributed by atoms with Crippen molar-refractivity contribution < 1.29 is 9.59 Å². The van der Waals surface area contributed by atoms with Crippen LogP contribution in [0.3, 0.4) is 0 Å². The van der Waals surface area contributed by atoms with Gasteiger partial charge in [-0.05, 0) is 12.8 Å². The number of nitrogens with zero attached hydrogens (tertiary/aromatic N) is 4. The predicted octanol–water partition coefficient (Wildman–Crippen LogP) is 1.67. The normalized spacial score (nSPS) is 21.9. The maximum Gasteiger partial charge on any atom is 0.321 e. The monoisotopic (exact) mass is 319 g/mol. The van der Waals surface area contributed by atoms with Crippen molar-refractivity contribution in [1.29, 1.82) is 0 Å². The first-order valence-corrected chi connectivity index (χ1v) is 8.33. The van der Waals surface area contributed by atoms with Crippen LogP contribution in [0, 0.1) is 5.92 Å². The molecule has 1 aliphatic carbocycles. The molecule has 1 N–H and O–H groups in total. The van der Waals surface area contributed by atoms with Crippen LogP contribution in [-0.2, 0) is 11.8 Å². The van der Waals surface area contributed by atoms with Gasteiger partial charge in [0, 0.05) is 51.8 Å². The number of hydrogen-bond donors (Lipinski definition) is 1. The molecule has 3 amide bonds. The van der Waals surface area contributed by atoms with Gasteiger partial charge in [-0.3, -0.25) is 9.48 Å². The van der Waals surface area contributed by atoms with Gasteiger partial charge in [0.2, 0.25) is 5.91 Å². The second-order valence-corrected chi connectivity index (χ2v) is 6.77. The Bertz CT molecular complexity index is 579. The minimum atomic E-state index is -0.162. The van der Waals surface area contributed by atoms with E-state index < -0.39 is 0 Å². The Balaban J connectivity index is 1.50. The molecule has 1 aromatic heterocycles. The van der Waals surface area contributed by atoms with E-state index in [4.69, 9.17) is 0 Å². The van der Waals surface area contributed by atoms with E-state index in [1.54, 1.807) is 36.1 Å². The van der Waals surface area contributed by atoms with Crippen molar-refractivity contribution in [2.24, 2.45) is 13.0 Å². The molecule has 2 heterocycles. The summed E-state index contributed by atoms with van der Waals surface area (Å²) >= 11 is 0.